The van der Waals surface area contributed by atoms with Gasteiger partial charge in [0.05, 0.1) is 0 Å². The molecule has 2 saturated heterocycles. The van der Waals surface area contributed by atoms with Crippen LogP contribution in [0.1, 0.15) is 25.7 Å². The summed E-state index contributed by atoms with van der Waals surface area (Å²) in [5, 5.41) is 5.30. The third-order valence-corrected chi connectivity index (χ3v) is 4.38. The van der Waals surface area contributed by atoms with Crippen molar-refractivity contribution in [3.63, 3.8) is 0 Å². The third-order valence-electron chi connectivity index (χ3n) is 3.24. The number of hydrogen-bond donors (Lipinski definition) is 1. The van der Waals surface area contributed by atoms with Crippen molar-refractivity contribution in [2.24, 2.45) is 0 Å². The fraction of sp³-hybridized carbons (Fsp3) is 0.636. The van der Waals surface area contributed by atoms with Crippen molar-refractivity contribution in [3.05, 3.63) is 18.5 Å². The summed E-state index contributed by atoms with van der Waals surface area (Å²) in [7, 11) is 0. The number of fused-ring (bicyclic) bond motifs is 2. The van der Waals surface area contributed by atoms with E-state index in [4.69, 9.17) is 0 Å². The van der Waals surface area contributed by atoms with E-state index in [0.717, 1.165) is 17.2 Å². The van der Waals surface area contributed by atoms with Crippen LogP contribution in [0.2, 0.25) is 0 Å². The number of hydrogen-bond acceptors (Lipinski definition) is 4. The second kappa shape index (κ2) is 4.10. The van der Waals surface area contributed by atoms with Gasteiger partial charge in [-0.2, -0.15) is 0 Å². The normalized spacial score (nSPS) is 34.3. The molecule has 2 aliphatic heterocycles. The van der Waals surface area contributed by atoms with Gasteiger partial charge < -0.3 is 5.32 Å². The molecule has 0 spiro atoms. The Kier molecular flexibility index (Phi) is 2.63. The van der Waals surface area contributed by atoms with Gasteiger partial charge in [0, 0.05) is 29.7 Å². The first-order chi connectivity index (χ1) is 7.40. The fourth-order valence-corrected chi connectivity index (χ4v) is 3.80. The molecule has 2 aliphatic rings. The maximum absolute atomic E-state index is 4.27. The minimum atomic E-state index is 0.714. The van der Waals surface area contributed by atoms with Gasteiger partial charge in [-0.15, -0.1) is 0 Å². The molecule has 0 radical (unpaired) electrons. The first-order valence-corrected chi connectivity index (χ1v) is 6.48. The van der Waals surface area contributed by atoms with Crippen molar-refractivity contribution in [1.29, 1.82) is 0 Å². The van der Waals surface area contributed by atoms with E-state index in [9.17, 15) is 0 Å². The Morgan fingerprint density at radius 3 is 2.47 bits per heavy atom. The molecule has 80 valence electrons. The van der Waals surface area contributed by atoms with Crippen LogP contribution in [0.15, 0.2) is 23.6 Å². The lowest BCUT2D eigenvalue weighted by Crippen LogP contribution is -2.39. The van der Waals surface area contributed by atoms with Crippen LogP contribution < -0.4 is 5.32 Å². The van der Waals surface area contributed by atoms with Crippen LogP contribution in [0.25, 0.3) is 0 Å². The summed E-state index contributed by atoms with van der Waals surface area (Å²) in [5.41, 5.74) is 0. The highest BCUT2D eigenvalue weighted by Gasteiger charge is 2.34. The Morgan fingerprint density at radius 2 is 1.80 bits per heavy atom. The predicted octanol–water partition coefficient (Wildman–Crippen LogP) is 1.85. The molecular weight excluding hydrogens is 206 g/mol. The molecule has 0 aromatic carbocycles. The predicted molar refractivity (Wildman–Crippen MR) is 60.9 cm³/mol. The summed E-state index contributed by atoms with van der Waals surface area (Å²) in [5.74, 6) is 0. The molecule has 2 atom stereocenters. The van der Waals surface area contributed by atoms with Crippen molar-refractivity contribution >= 4 is 11.8 Å². The third kappa shape index (κ3) is 2.16. The van der Waals surface area contributed by atoms with Gasteiger partial charge in [-0.3, -0.25) is 0 Å². The fourth-order valence-electron chi connectivity index (χ4n) is 2.60. The summed E-state index contributed by atoms with van der Waals surface area (Å²) >= 11 is 1.85. The highest BCUT2D eigenvalue weighted by molar-refractivity contribution is 7.99. The molecule has 1 aromatic heterocycles. The minimum Gasteiger partial charge on any atom is -0.311 e. The van der Waals surface area contributed by atoms with Crippen LogP contribution in [0, 0.1) is 0 Å². The van der Waals surface area contributed by atoms with E-state index in [1.165, 1.54) is 25.7 Å². The van der Waals surface area contributed by atoms with E-state index in [-0.39, 0.29) is 0 Å². The van der Waals surface area contributed by atoms with Crippen molar-refractivity contribution < 1.29 is 0 Å². The van der Waals surface area contributed by atoms with Crippen LogP contribution in [0.5, 0.6) is 0 Å². The van der Waals surface area contributed by atoms with Gasteiger partial charge in [0.1, 0.15) is 0 Å². The molecular formula is C11H15N3S. The molecule has 2 fully saturated rings. The Hall–Kier alpha value is -0.610. The van der Waals surface area contributed by atoms with Gasteiger partial charge in [-0.05, 0) is 31.7 Å². The number of nitrogens with one attached hydrogen (secondary N) is 1. The molecule has 0 amide bonds. The highest BCUT2D eigenvalue weighted by atomic mass is 32.2. The number of piperidine rings is 1. The largest absolute Gasteiger partial charge is 0.311 e. The van der Waals surface area contributed by atoms with Crippen molar-refractivity contribution in [1.82, 2.24) is 15.3 Å². The lowest BCUT2D eigenvalue weighted by molar-refractivity contribution is 0.414. The van der Waals surface area contributed by atoms with Crippen LogP contribution in [0.3, 0.4) is 0 Å². The molecule has 2 bridgehead atoms. The summed E-state index contributed by atoms with van der Waals surface area (Å²) in [6.07, 6.45) is 8.92. The minimum absolute atomic E-state index is 0.714. The van der Waals surface area contributed by atoms with E-state index in [1.54, 1.807) is 0 Å². The summed E-state index contributed by atoms with van der Waals surface area (Å²) in [6, 6.07) is 3.38. The molecule has 4 heteroatoms. The Labute approximate surface area is 94.1 Å². The van der Waals surface area contributed by atoms with Gasteiger partial charge >= 0.3 is 0 Å². The summed E-state index contributed by atoms with van der Waals surface area (Å²) < 4.78 is 0. The average Bonchev–Trinajstić information content (AvgIpc) is 2.60. The van der Waals surface area contributed by atoms with Crippen LogP contribution in [-0.4, -0.2) is 27.3 Å². The smallest absolute Gasteiger partial charge is 0.187 e. The molecule has 0 unspecified atom stereocenters. The van der Waals surface area contributed by atoms with Crippen LogP contribution in [-0.2, 0) is 0 Å². The topological polar surface area (TPSA) is 37.8 Å². The molecule has 0 aliphatic carbocycles. The monoisotopic (exact) mass is 221 g/mol. The highest BCUT2D eigenvalue weighted by Crippen LogP contribution is 2.35. The molecule has 3 rings (SSSR count). The van der Waals surface area contributed by atoms with Gasteiger partial charge in [-0.1, -0.05) is 11.8 Å². The molecule has 1 N–H and O–H groups in total. The second-order valence-corrected chi connectivity index (χ2v) is 5.65. The standard InChI is InChI=1S/C11H15N3S/c1-4-12-11(13-5-1)15-10-6-8-2-3-9(7-10)14-8/h1,4-5,8-10,14H,2-3,6-7H2/t8-,9-/m1/s1. The van der Waals surface area contributed by atoms with Crippen molar-refractivity contribution in [3.8, 4) is 0 Å². The number of thioether (sulfide) groups is 1. The molecule has 0 saturated carbocycles. The number of rotatable bonds is 2. The average molecular weight is 221 g/mol. The van der Waals surface area contributed by atoms with Gasteiger partial charge in [0.25, 0.3) is 0 Å². The SMILES string of the molecule is c1cnc(SC2C[C@H]3CC[C@H](C2)N3)nc1. The first-order valence-electron chi connectivity index (χ1n) is 5.60. The lowest BCUT2D eigenvalue weighted by Gasteiger charge is -2.27. The molecule has 1 aromatic rings. The van der Waals surface area contributed by atoms with Gasteiger partial charge in [0.2, 0.25) is 0 Å². The molecule has 3 nitrogen and oxygen atoms in total. The lowest BCUT2D eigenvalue weighted by atomic mass is 10.1. The van der Waals surface area contributed by atoms with Crippen molar-refractivity contribution in [2.75, 3.05) is 0 Å². The Balaban J connectivity index is 1.65. The van der Waals surface area contributed by atoms with E-state index in [2.05, 4.69) is 15.3 Å². The molecule has 3 heterocycles. The maximum atomic E-state index is 4.27. The summed E-state index contributed by atoms with van der Waals surface area (Å²) in [6.45, 7) is 0. The zero-order valence-corrected chi connectivity index (χ0v) is 9.41. The van der Waals surface area contributed by atoms with Crippen LogP contribution in [0.4, 0.5) is 0 Å². The molecule has 15 heavy (non-hydrogen) atoms. The zero-order chi connectivity index (χ0) is 10.1. The van der Waals surface area contributed by atoms with Crippen molar-refractivity contribution in [2.45, 2.75) is 48.2 Å². The van der Waals surface area contributed by atoms with Crippen LogP contribution >= 0.6 is 11.8 Å². The maximum Gasteiger partial charge on any atom is 0.187 e. The second-order valence-electron chi connectivity index (χ2n) is 4.38. The Bertz CT molecular complexity index is 318. The quantitative estimate of drug-likeness (QED) is 0.773. The number of nitrogens with zero attached hydrogens (tertiary/aromatic N) is 2. The Morgan fingerprint density at radius 1 is 1.13 bits per heavy atom. The zero-order valence-electron chi connectivity index (χ0n) is 8.60. The van der Waals surface area contributed by atoms with E-state index in [1.807, 2.05) is 30.2 Å². The number of aromatic nitrogens is 2. The van der Waals surface area contributed by atoms with Gasteiger partial charge in [-0.25, -0.2) is 9.97 Å². The van der Waals surface area contributed by atoms with E-state index >= 15 is 0 Å². The first kappa shape index (κ1) is 9.60. The van der Waals surface area contributed by atoms with E-state index in [0.29, 0.717) is 5.25 Å². The van der Waals surface area contributed by atoms with Gasteiger partial charge in [0.15, 0.2) is 5.16 Å². The summed E-state index contributed by atoms with van der Waals surface area (Å²) in [4.78, 5) is 8.55. The van der Waals surface area contributed by atoms with E-state index < -0.39 is 0 Å².